The molecule has 0 bridgehead atoms. The van der Waals surface area contributed by atoms with E-state index in [9.17, 15) is 4.79 Å². The Labute approximate surface area is 97.5 Å². The Morgan fingerprint density at radius 2 is 1.88 bits per heavy atom. The van der Waals surface area contributed by atoms with E-state index in [2.05, 4.69) is 5.32 Å². The molecule has 0 aliphatic rings. The third-order valence-corrected chi connectivity index (χ3v) is 2.46. The van der Waals surface area contributed by atoms with Crippen molar-refractivity contribution >= 4 is 11.6 Å². The largest absolute Gasteiger partial charge is 0.314 e. The number of nitrogens with one attached hydrogen (secondary N) is 1. The molecule has 1 amide bonds. The van der Waals surface area contributed by atoms with Gasteiger partial charge in [0.1, 0.15) is 0 Å². The zero-order valence-electron chi connectivity index (χ0n) is 10.4. The lowest BCUT2D eigenvalue weighted by Gasteiger charge is -2.18. The Morgan fingerprint density at radius 1 is 1.31 bits per heavy atom. The van der Waals surface area contributed by atoms with E-state index in [4.69, 9.17) is 0 Å². The highest BCUT2D eigenvalue weighted by atomic mass is 16.2. The normalized spacial score (nSPS) is 10.6. The van der Waals surface area contributed by atoms with Crippen molar-refractivity contribution in [2.45, 2.75) is 26.8 Å². The van der Waals surface area contributed by atoms with E-state index in [-0.39, 0.29) is 5.91 Å². The maximum atomic E-state index is 11.8. The summed E-state index contributed by atoms with van der Waals surface area (Å²) in [5.41, 5.74) is 2.13. The summed E-state index contributed by atoms with van der Waals surface area (Å²) in [5, 5.41) is 3.12. The number of benzene rings is 1. The van der Waals surface area contributed by atoms with E-state index < -0.39 is 0 Å². The number of aryl methyl sites for hydroxylation is 1. The van der Waals surface area contributed by atoms with Crippen LogP contribution in [0.4, 0.5) is 5.69 Å². The van der Waals surface area contributed by atoms with Gasteiger partial charge < -0.3 is 10.2 Å². The second kappa shape index (κ2) is 5.66. The highest BCUT2D eigenvalue weighted by Gasteiger charge is 2.10. The zero-order valence-corrected chi connectivity index (χ0v) is 10.4. The first-order valence-corrected chi connectivity index (χ1v) is 5.57. The lowest BCUT2D eigenvalue weighted by molar-refractivity contribution is -0.117. The summed E-state index contributed by atoms with van der Waals surface area (Å²) < 4.78 is 0. The lowest BCUT2D eigenvalue weighted by Crippen LogP contribution is -2.38. The van der Waals surface area contributed by atoms with Gasteiger partial charge in [-0.25, -0.2) is 0 Å². The van der Waals surface area contributed by atoms with Crippen LogP contribution in [-0.2, 0) is 4.79 Å². The average Bonchev–Trinajstić information content (AvgIpc) is 2.26. The van der Waals surface area contributed by atoms with Gasteiger partial charge in [-0.2, -0.15) is 0 Å². The Morgan fingerprint density at radius 3 is 2.38 bits per heavy atom. The Hall–Kier alpha value is -1.35. The van der Waals surface area contributed by atoms with Crippen molar-refractivity contribution in [3.63, 3.8) is 0 Å². The first kappa shape index (κ1) is 12.7. The van der Waals surface area contributed by atoms with Crippen LogP contribution in [0.5, 0.6) is 0 Å². The van der Waals surface area contributed by atoms with Gasteiger partial charge in [0.05, 0.1) is 6.54 Å². The van der Waals surface area contributed by atoms with Gasteiger partial charge in [0.25, 0.3) is 0 Å². The minimum absolute atomic E-state index is 0.0811. The van der Waals surface area contributed by atoms with Crippen molar-refractivity contribution in [1.82, 2.24) is 5.32 Å². The highest BCUT2D eigenvalue weighted by molar-refractivity contribution is 5.94. The predicted octanol–water partition coefficient (Wildman–Crippen LogP) is 1.96. The van der Waals surface area contributed by atoms with Gasteiger partial charge in [-0.3, -0.25) is 4.79 Å². The average molecular weight is 220 g/mol. The van der Waals surface area contributed by atoms with Crippen LogP contribution in [0.15, 0.2) is 24.3 Å². The van der Waals surface area contributed by atoms with E-state index in [0.717, 1.165) is 5.69 Å². The van der Waals surface area contributed by atoms with E-state index in [0.29, 0.717) is 12.6 Å². The molecule has 0 fully saturated rings. The molecule has 0 saturated carbocycles. The van der Waals surface area contributed by atoms with Crippen LogP contribution >= 0.6 is 0 Å². The summed E-state index contributed by atoms with van der Waals surface area (Å²) >= 11 is 0. The molecule has 0 aromatic heterocycles. The van der Waals surface area contributed by atoms with Crippen molar-refractivity contribution in [2.24, 2.45) is 0 Å². The van der Waals surface area contributed by atoms with Crippen LogP contribution in [0.25, 0.3) is 0 Å². The molecule has 0 aliphatic heterocycles. The Kier molecular flexibility index (Phi) is 4.50. The molecule has 0 saturated heterocycles. The maximum Gasteiger partial charge on any atom is 0.240 e. The molecule has 1 rings (SSSR count). The van der Waals surface area contributed by atoms with Crippen LogP contribution in [0.3, 0.4) is 0 Å². The molecule has 1 aromatic rings. The highest BCUT2D eigenvalue weighted by Crippen LogP contribution is 2.13. The van der Waals surface area contributed by atoms with E-state index >= 15 is 0 Å². The van der Waals surface area contributed by atoms with E-state index in [1.807, 2.05) is 45.0 Å². The molecule has 0 radical (unpaired) electrons. The third kappa shape index (κ3) is 3.66. The summed E-state index contributed by atoms with van der Waals surface area (Å²) in [6, 6.07) is 8.27. The molecule has 16 heavy (non-hydrogen) atoms. The quantitative estimate of drug-likeness (QED) is 0.841. The van der Waals surface area contributed by atoms with Crippen LogP contribution in [0, 0.1) is 6.92 Å². The summed E-state index contributed by atoms with van der Waals surface area (Å²) in [5.74, 6) is 0.0811. The van der Waals surface area contributed by atoms with Crippen molar-refractivity contribution in [2.75, 3.05) is 18.5 Å². The zero-order chi connectivity index (χ0) is 12.1. The molecular formula is C13H20N2O. The summed E-state index contributed by atoms with van der Waals surface area (Å²) in [6.45, 7) is 6.46. The number of likely N-dealkylation sites (N-methyl/N-ethyl adjacent to an activating group) is 1. The smallest absolute Gasteiger partial charge is 0.240 e. The molecule has 0 aliphatic carbocycles. The molecule has 3 nitrogen and oxygen atoms in total. The van der Waals surface area contributed by atoms with Crippen molar-refractivity contribution < 1.29 is 4.79 Å². The van der Waals surface area contributed by atoms with Gasteiger partial charge in [0.2, 0.25) is 5.91 Å². The van der Waals surface area contributed by atoms with Crippen molar-refractivity contribution in [3.05, 3.63) is 29.8 Å². The summed E-state index contributed by atoms with van der Waals surface area (Å²) in [7, 11) is 1.80. The summed E-state index contributed by atoms with van der Waals surface area (Å²) in [4.78, 5) is 13.5. The molecule has 0 atom stereocenters. The third-order valence-electron chi connectivity index (χ3n) is 2.46. The fourth-order valence-corrected chi connectivity index (χ4v) is 1.32. The number of carbonyl (C=O) groups is 1. The van der Waals surface area contributed by atoms with Gasteiger partial charge >= 0.3 is 0 Å². The molecule has 1 aromatic carbocycles. The first-order chi connectivity index (χ1) is 7.50. The minimum Gasteiger partial charge on any atom is -0.314 e. The SMILES string of the molecule is Cc1ccc(N(C)C(=O)CNC(C)C)cc1. The van der Waals surface area contributed by atoms with Gasteiger partial charge in [-0.15, -0.1) is 0 Å². The predicted molar refractivity (Wildman–Crippen MR) is 67.7 cm³/mol. The molecule has 3 heteroatoms. The lowest BCUT2D eigenvalue weighted by atomic mass is 10.2. The van der Waals surface area contributed by atoms with Crippen LogP contribution < -0.4 is 10.2 Å². The molecule has 88 valence electrons. The number of hydrogen-bond donors (Lipinski definition) is 1. The number of nitrogens with zero attached hydrogens (tertiary/aromatic N) is 1. The number of anilines is 1. The fourth-order valence-electron chi connectivity index (χ4n) is 1.32. The molecule has 0 spiro atoms. The molecule has 0 heterocycles. The monoisotopic (exact) mass is 220 g/mol. The van der Waals surface area contributed by atoms with E-state index in [1.165, 1.54) is 5.56 Å². The van der Waals surface area contributed by atoms with Gasteiger partial charge in [-0.1, -0.05) is 31.5 Å². The van der Waals surface area contributed by atoms with Crippen LogP contribution in [0.1, 0.15) is 19.4 Å². The maximum absolute atomic E-state index is 11.8. The first-order valence-electron chi connectivity index (χ1n) is 5.57. The number of carbonyl (C=O) groups excluding carboxylic acids is 1. The topological polar surface area (TPSA) is 32.3 Å². The number of hydrogen-bond acceptors (Lipinski definition) is 2. The molecular weight excluding hydrogens is 200 g/mol. The minimum atomic E-state index is 0.0811. The molecule has 0 unspecified atom stereocenters. The van der Waals surface area contributed by atoms with E-state index in [1.54, 1.807) is 11.9 Å². The number of rotatable bonds is 4. The van der Waals surface area contributed by atoms with Gasteiger partial charge in [0, 0.05) is 18.8 Å². The van der Waals surface area contributed by atoms with Crippen LogP contribution in [-0.4, -0.2) is 25.5 Å². The number of amides is 1. The van der Waals surface area contributed by atoms with Gasteiger partial charge in [0.15, 0.2) is 0 Å². The Bertz CT molecular complexity index is 343. The van der Waals surface area contributed by atoms with Crippen molar-refractivity contribution in [1.29, 1.82) is 0 Å². The fraction of sp³-hybridized carbons (Fsp3) is 0.462. The van der Waals surface area contributed by atoms with Crippen molar-refractivity contribution in [3.8, 4) is 0 Å². The second-order valence-electron chi connectivity index (χ2n) is 4.32. The standard InChI is InChI=1S/C13H20N2O/c1-10(2)14-9-13(16)15(4)12-7-5-11(3)6-8-12/h5-8,10,14H,9H2,1-4H3. The second-order valence-corrected chi connectivity index (χ2v) is 4.32. The molecule has 1 N–H and O–H groups in total. The van der Waals surface area contributed by atoms with Crippen LogP contribution in [0.2, 0.25) is 0 Å². The Balaban J connectivity index is 2.59. The van der Waals surface area contributed by atoms with Gasteiger partial charge in [-0.05, 0) is 19.1 Å². The summed E-state index contributed by atoms with van der Waals surface area (Å²) in [6.07, 6.45) is 0.